The standard InChI is InChI=1S/C34H47N7O7/c1-4-47-34(46)39-18-16-38(17-19-39)33(45)27(20-23(2)3)36-31(43)26-21-30(41(37-26)25-12-6-5-7-13-25)48-22-29(42)40-15-9-14-28(40)32(44)35-24-10-8-11-24/h5-7,12-13,21,23-24,27-28H,4,8-11,14-20,22H2,1-3H3,(H,35,44)(H,36,43)/t27-,28-/m0/s1. The minimum atomic E-state index is -0.808. The van der Waals surface area contributed by atoms with Gasteiger partial charge in [-0.15, -0.1) is 0 Å². The molecule has 0 radical (unpaired) electrons. The van der Waals surface area contributed by atoms with Gasteiger partial charge in [-0.1, -0.05) is 32.0 Å². The highest BCUT2D eigenvalue weighted by Crippen LogP contribution is 2.24. The van der Waals surface area contributed by atoms with Crippen LogP contribution in [-0.4, -0.2) is 118 Å². The molecule has 2 N–H and O–H groups in total. The number of rotatable bonds is 12. The van der Waals surface area contributed by atoms with Crippen LogP contribution in [0.25, 0.3) is 5.69 Å². The number of aromatic nitrogens is 2. The normalized spacial score (nSPS) is 18.7. The summed E-state index contributed by atoms with van der Waals surface area (Å²) in [7, 11) is 0. The molecule has 1 saturated carbocycles. The van der Waals surface area contributed by atoms with Gasteiger partial charge >= 0.3 is 6.09 Å². The monoisotopic (exact) mass is 665 g/mol. The highest BCUT2D eigenvalue weighted by atomic mass is 16.6. The van der Waals surface area contributed by atoms with Crippen LogP contribution in [0.15, 0.2) is 36.4 Å². The van der Waals surface area contributed by atoms with Crippen molar-refractivity contribution < 1.29 is 33.4 Å². The number of hydrogen-bond donors (Lipinski definition) is 2. The van der Waals surface area contributed by atoms with E-state index in [2.05, 4.69) is 15.7 Å². The van der Waals surface area contributed by atoms with Crippen molar-refractivity contribution in [2.75, 3.05) is 45.9 Å². The van der Waals surface area contributed by atoms with Crippen LogP contribution >= 0.6 is 0 Å². The number of piperazine rings is 1. The molecule has 2 atom stereocenters. The molecule has 0 spiro atoms. The summed E-state index contributed by atoms with van der Waals surface area (Å²) in [6, 6.07) is 9.39. The highest BCUT2D eigenvalue weighted by molar-refractivity contribution is 5.96. The van der Waals surface area contributed by atoms with Crippen LogP contribution in [0.4, 0.5) is 4.79 Å². The molecule has 3 heterocycles. The van der Waals surface area contributed by atoms with Crippen molar-refractivity contribution in [2.45, 2.75) is 77.4 Å². The van der Waals surface area contributed by atoms with Gasteiger partial charge in [0.15, 0.2) is 12.3 Å². The van der Waals surface area contributed by atoms with Crippen molar-refractivity contribution in [3.63, 3.8) is 0 Å². The van der Waals surface area contributed by atoms with Gasteiger partial charge < -0.3 is 34.8 Å². The molecule has 260 valence electrons. The fourth-order valence-corrected chi connectivity index (χ4v) is 6.21. The Morgan fingerprint density at radius 3 is 2.29 bits per heavy atom. The fraction of sp³-hybridized carbons (Fsp3) is 0.588. The summed E-state index contributed by atoms with van der Waals surface area (Å²) in [5, 5.41) is 10.4. The Bertz CT molecular complexity index is 1450. The molecule has 2 saturated heterocycles. The van der Waals surface area contributed by atoms with E-state index in [-0.39, 0.29) is 54.5 Å². The number of carbonyl (C=O) groups excluding carboxylic acids is 5. The van der Waals surface area contributed by atoms with Crippen LogP contribution in [0, 0.1) is 5.92 Å². The lowest BCUT2D eigenvalue weighted by Crippen LogP contribution is -2.56. The van der Waals surface area contributed by atoms with Crippen LogP contribution in [0.2, 0.25) is 0 Å². The van der Waals surface area contributed by atoms with E-state index in [0.29, 0.717) is 51.3 Å². The Hall–Kier alpha value is -4.62. The summed E-state index contributed by atoms with van der Waals surface area (Å²) in [5.41, 5.74) is 0.640. The second-order valence-electron chi connectivity index (χ2n) is 13.0. The zero-order valence-electron chi connectivity index (χ0n) is 28.1. The second kappa shape index (κ2) is 16.0. The van der Waals surface area contributed by atoms with E-state index in [0.717, 1.165) is 25.7 Å². The quantitative estimate of drug-likeness (QED) is 0.350. The van der Waals surface area contributed by atoms with Crippen LogP contribution in [0.1, 0.15) is 69.8 Å². The summed E-state index contributed by atoms with van der Waals surface area (Å²) >= 11 is 0. The van der Waals surface area contributed by atoms with E-state index in [1.165, 1.54) is 10.7 Å². The van der Waals surface area contributed by atoms with Crippen LogP contribution < -0.4 is 15.4 Å². The molecule has 1 aromatic heterocycles. The molecule has 3 fully saturated rings. The third-order valence-electron chi connectivity index (χ3n) is 9.01. The zero-order valence-corrected chi connectivity index (χ0v) is 28.1. The summed E-state index contributed by atoms with van der Waals surface area (Å²) in [6.45, 7) is 7.46. The Morgan fingerprint density at radius 1 is 0.938 bits per heavy atom. The number of hydrogen-bond acceptors (Lipinski definition) is 8. The van der Waals surface area contributed by atoms with Crippen molar-refractivity contribution in [1.29, 1.82) is 0 Å². The molecule has 3 aliphatic rings. The first-order chi connectivity index (χ1) is 23.1. The van der Waals surface area contributed by atoms with Crippen LogP contribution in [-0.2, 0) is 19.1 Å². The largest absolute Gasteiger partial charge is 0.467 e. The molecule has 1 aliphatic carbocycles. The second-order valence-corrected chi connectivity index (χ2v) is 13.0. The van der Waals surface area contributed by atoms with Gasteiger partial charge in [0.1, 0.15) is 12.1 Å². The van der Waals surface area contributed by atoms with Gasteiger partial charge in [-0.25, -0.2) is 9.48 Å². The molecule has 5 rings (SSSR count). The molecule has 14 nitrogen and oxygen atoms in total. The van der Waals surface area contributed by atoms with Gasteiger partial charge in [0.25, 0.3) is 11.8 Å². The Morgan fingerprint density at radius 2 is 1.65 bits per heavy atom. The van der Waals surface area contributed by atoms with E-state index in [1.54, 1.807) is 33.8 Å². The molecule has 14 heteroatoms. The highest BCUT2D eigenvalue weighted by Gasteiger charge is 2.36. The predicted molar refractivity (Wildman–Crippen MR) is 175 cm³/mol. The number of ether oxygens (including phenoxy) is 2. The molecule has 0 unspecified atom stereocenters. The lowest BCUT2D eigenvalue weighted by molar-refractivity contribution is -0.140. The van der Waals surface area contributed by atoms with Gasteiger partial charge in [-0.05, 0) is 63.5 Å². The topological polar surface area (TPSA) is 155 Å². The number of amides is 5. The fourth-order valence-electron chi connectivity index (χ4n) is 6.21. The van der Waals surface area contributed by atoms with E-state index in [1.807, 2.05) is 32.0 Å². The van der Waals surface area contributed by atoms with Gasteiger partial charge in [-0.2, -0.15) is 5.10 Å². The third kappa shape index (κ3) is 8.45. The van der Waals surface area contributed by atoms with Gasteiger partial charge in [0, 0.05) is 44.8 Å². The number of carbonyl (C=O) groups is 5. The lowest BCUT2D eigenvalue weighted by atomic mass is 9.93. The summed E-state index contributed by atoms with van der Waals surface area (Å²) < 4.78 is 12.5. The van der Waals surface area contributed by atoms with Crippen molar-refractivity contribution in [1.82, 2.24) is 35.1 Å². The van der Waals surface area contributed by atoms with Crippen LogP contribution in [0.5, 0.6) is 5.88 Å². The maximum atomic E-state index is 13.6. The third-order valence-corrected chi connectivity index (χ3v) is 9.01. The van der Waals surface area contributed by atoms with E-state index in [9.17, 15) is 24.0 Å². The molecule has 5 amide bonds. The molecule has 2 aromatic rings. The van der Waals surface area contributed by atoms with E-state index >= 15 is 0 Å². The van der Waals surface area contributed by atoms with Crippen molar-refractivity contribution in [3.8, 4) is 11.6 Å². The average molecular weight is 666 g/mol. The Kier molecular flexibility index (Phi) is 11.6. The summed E-state index contributed by atoms with van der Waals surface area (Å²) in [4.78, 5) is 70.3. The van der Waals surface area contributed by atoms with E-state index in [4.69, 9.17) is 9.47 Å². The molecular weight excluding hydrogens is 618 g/mol. The van der Waals surface area contributed by atoms with Crippen molar-refractivity contribution in [3.05, 3.63) is 42.1 Å². The number of likely N-dealkylation sites (tertiary alicyclic amines) is 1. The first kappa shape index (κ1) is 34.7. The number of benzene rings is 1. The van der Waals surface area contributed by atoms with Crippen molar-refractivity contribution >= 4 is 29.7 Å². The molecule has 1 aromatic carbocycles. The lowest BCUT2D eigenvalue weighted by Gasteiger charge is -2.36. The molecule has 0 bridgehead atoms. The predicted octanol–water partition coefficient (Wildman–Crippen LogP) is 2.36. The summed E-state index contributed by atoms with van der Waals surface area (Å²) in [5.74, 6) is -0.943. The minimum Gasteiger partial charge on any atom is -0.467 e. The maximum Gasteiger partial charge on any atom is 0.409 e. The zero-order chi connectivity index (χ0) is 34.2. The number of nitrogens with one attached hydrogen (secondary N) is 2. The van der Waals surface area contributed by atoms with Crippen molar-refractivity contribution in [2.24, 2.45) is 5.92 Å². The SMILES string of the molecule is CCOC(=O)N1CCN(C(=O)[C@H](CC(C)C)NC(=O)c2cc(OCC(=O)N3CCC[C@H]3C(=O)NC3CCC3)n(-c3ccccc3)n2)CC1. The van der Waals surface area contributed by atoms with Crippen LogP contribution in [0.3, 0.4) is 0 Å². The number of nitrogens with zero attached hydrogens (tertiary/aromatic N) is 5. The van der Waals surface area contributed by atoms with Gasteiger partial charge in [-0.3, -0.25) is 19.2 Å². The van der Waals surface area contributed by atoms with E-state index < -0.39 is 24.1 Å². The Balaban J connectivity index is 1.26. The smallest absolute Gasteiger partial charge is 0.409 e. The molecule has 2 aliphatic heterocycles. The van der Waals surface area contributed by atoms with Gasteiger partial charge in [0.05, 0.1) is 12.3 Å². The number of para-hydroxylation sites is 1. The first-order valence-corrected chi connectivity index (χ1v) is 17.0. The molecule has 48 heavy (non-hydrogen) atoms. The first-order valence-electron chi connectivity index (χ1n) is 17.0. The Labute approximate surface area is 281 Å². The minimum absolute atomic E-state index is 0.0221. The molecular formula is C34H47N7O7. The average Bonchev–Trinajstić information content (AvgIpc) is 3.73. The summed E-state index contributed by atoms with van der Waals surface area (Å²) in [6.07, 6.45) is 4.38. The van der Waals surface area contributed by atoms with Gasteiger partial charge in [0.2, 0.25) is 17.7 Å². The maximum absolute atomic E-state index is 13.6.